The van der Waals surface area contributed by atoms with E-state index in [-0.39, 0.29) is 36.6 Å². The molecule has 164 valence electrons. The van der Waals surface area contributed by atoms with Crippen molar-refractivity contribution in [3.05, 3.63) is 78.4 Å². The number of likely N-dealkylation sites (tertiary alicyclic amines) is 1. The van der Waals surface area contributed by atoms with E-state index in [9.17, 15) is 14.4 Å². The van der Waals surface area contributed by atoms with Crippen LogP contribution >= 0.6 is 0 Å². The molecule has 1 fully saturated rings. The summed E-state index contributed by atoms with van der Waals surface area (Å²) in [6.07, 6.45) is 1.47. The van der Waals surface area contributed by atoms with Crippen LogP contribution in [0, 0.1) is 5.92 Å². The maximum Gasteiger partial charge on any atom is 0.241 e. The Bertz CT molecular complexity index is 1100. The van der Waals surface area contributed by atoms with Gasteiger partial charge in [0.25, 0.3) is 0 Å². The van der Waals surface area contributed by atoms with Crippen molar-refractivity contribution in [2.75, 3.05) is 25.0 Å². The van der Waals surface area contributed by atoms with Crippen molar-refractivity contribution in [1.82, 2.24) is 10.2 Å². The summed E-state index contributed by atoms with van der Waals surface area (Å²) in [5.41, 5.74) is 1.73. The molecule has 0 saturated carbocycles. The van der Waals surface area contributed by atoms with Gasteiger partial charge in [0.1, 0.15) is 0 Å². The first-order valence-corrected chi connectivity index (χ1v) is 11.0. The number of hydrogen-bond donors (Lipinski definition) is 2. The van der Waals surface area contributed by atoms with E-state index in [2.05, 4.69) is 10.6 Å². The molecule has 0 radical (unpaired) electrons. The van der Waals surface area contributed by atoms with Gasteiger partial charge in [-0.15, -0.1) is 0 Å². The van der Waals surface area contributed by atoms with Gasteiger partial charge >= 0.3 is 0 Å². The SMILES string of the molecule is O=C(Cc1cccc2ccccc12)NCC(=O)N1CCC(C(=O)Nc2ccccc2)CC1. The minimum absolute atomic E-state index is 0.00770. The molecule has 1 aliphatic rings. The van der Waals surface area contributed by atoms with E-state index < -0.39 is 0 Å². The number of piperidine rings is 1. The van der Waals surface area contributed by atoms with Gasteiger partial charge in [-0.05, 0) is 41.3 Å². The van der Waals surface area contributed by atoms with Crippen LogP contribution in [0.1, 0.15) is 18.4 Å². The first-order valence-electron chi connectivity index (χ1n) is 11.0. The molecule has 0 spiro atoms. The Morgan fingerprint density at radius 2 is 1.53 bits per heavy atom. The summed E-state index contributed by atoms with van der Waals surface area (Å²) in [6, 6.07) is 23.2. The third kappa shape index (κ3) is 5.32. The molecule has 1 saturated heterocycles. The summed E-state index contributed by atoms with van der Waals surface area (Å²) in [5.74, 6) is -0.406. The Morgan fingerprint density at radius 3 is 2.31 bits per heavy atom. The van der Waals surface area contributed by atoms with Crippen LogP contribution in [-0.4, -0.2) is 42.3 Å². The maximum atomic E-state index is 12.5. The molecular formula is C26H27N3O3. The van der Waals surface area contributed by atoms with Gasteiger partial charge in [-0.1, -0.05) is 60.7 Å². The summed E-state index contributed by atoms with van der Waals surface area (Å²) in [7, 11) is 0. The predicted octanol–water partition coefficient (Wildman–Crippen LogP) is 3.38. The zero-order chi connectivity index (χ0) is 22.3. The quantitative estimate of drug-likeness (QED) is 0.631. The van der Waals surface area contributed by atoms with Crippen LogP contribution in [0.5, 0.6) is 0 Å². The topological polar surface area (TPSA) is 78.5 Å². The summed E-state index contributed by atoms with van der Waals surface area (Å²) in [6.45, 7) is 1.01. The molecule has 0 aliphatic carbocycles. The van der Waals surface area contributed by atoms with Gasteiger partial charge in [-0.25, -0.2) is 0 Å². The first kappa shape index (κ1) is 21.6. The fourth-order valence-electron chi connectivity index (χ4n) is 4.13. The summed E-state index contributed by atoms with van der Waals surface area (Å²) in [5, 5.41) is 7.82. The maximum absolute atomic E-state index is 12.5. The molecule has 3 aromatic rings. The predicted molar refractivity (Wildman–Crippen MR) is 125 cm³/mol. The van der Waals surface area contributed by atoms with E-state index in [1.807, 2.05) is 72.8 Å². The minimum Gasteiger partial charge on any atom is -0.347 e. The van der Waals surface area contributed by atoms with E-state index >= 15 is 0 Å². The van der Waals surface area contributed by atoms with Crippen LogP contribution in [-0.2, 0) is 20.8 Å². The molecular weight excluding hydrogens is 402 g/mol. The first-order chi connectivity index (χ1) is 15.6. The molecule has 32 heavy (non-hydrogen) atoms. The summed E-state index contributed by atoms with van der Waals surface area (Å²) in [4.78, 5) is 39.2. The van der Waals surface area contributed by atoms with Crippen molar-refractivity contribution >= 4 is 34.2 Å². The second-order valence-corrected chi connectivity index (χ2v) is 8.10. The zero-order valence-corrected chi connectivity index (χ0v) is 17.9. The highest BCUT2D eigenvalue weighted by Gasteiger charge is 2.27. The van der Waals surface area contributed by atoms with Gasteiger partial charge in [0, 0.05) is 24.7 Å². The Hall–Kier alpha value is -3.67. The Balaban J connectivity index is 1.23. The molecule has 0 atom stereocenters. The number of anilines is 1. The van der Waals surface area contributed by atoms with Crippen molar-refractivity contribution < 1.29 is 14.4 Å². The van der Waals surface area contributed by atoms with Crippen LogP contribution in [0.2, 0.25) is 0 Å². The summed E-state index contributed by atoms with van der Waals surface area (Å²) >= 11 is 0. The molecule has 0 bridgehead atoms. The smallest absolute Gasteiger partial charge is 0.241 e. The van der Waals surface area contributed by atoms with E-state index in [1.165, 1.54) is 0 Å². The number of fused-ring (bicyclic) bond motifs is 1. The highest BCUT2D eigenvalue weighted by Crippen LogP contribution is 2.20. The number of nitrogens with one attached hydrogen (secondary N) is 2. The van der Waals surface area contributed by atoms with Gasteiger partial charge in [-0.3, -0.25) is 14.4 Å². The number of amides is 3. The fourth-order valence-corrected chi connectivity index (χ4v) is 4.13. The van der Waals surface area contributed by atoms with Crippen molar-refractivity contribution in [2.45, 2.75) is 19.3 Å². The molecule has 3 amide bonds. The molecule has 0 aromatic heterocycles. The molecule has 2 N–H and O–H groups in total. The van der Waals surface area contributed by atoms with Crippen molar-refractivity contribution in [3.63, 3.8) is 0 Å². The third-order valence-electron chi connectivity index (χ3n) is 5.93. The van der Waals surface area contributed by atoms with Gasteiger partial charge in [-0.2, -0.15) is 0 Å². The second-order valence-electron chi connectivity index (χ2n) is 8.10. The van der Waals surface area contributed by atoms with Gasteiger partial charge in [0.15, 0.2) is 0 Å². The normalized spacial score (nSPS) is 14.2. The highest BCUT2D eigenvalue weighted by molar-refractivity contribution is 5.93. The Labute approximate surface area is 187 Å². The lowest BCUT2D eigenvalue weighted by atomic mass is 9.95. The zero-order valence-electron chi connectivity index (χ0n) is 17.9. The van der Waals surface area contributed by atoms with Gasteiger partial charge in [0.05, 0.1) is 13.0 Å². The van der Waals surface area contributed by atoms with Gasteiger partial charge < -0.3 is 15.5 Å². The van der Waals surface area contributed by atoms with E-state index in [1.54, 1.807) is 4.90 Å². The van der Waals surface area contributed by atoms with Crippen LogP contribution in [0.4, 0.5) is 5.69 Å². The number of para-hydroxylation sites is 1. The van der Waals surface area contributed by atoms with E-state index in [0.29, 0.717) is 25.9 Å². The Morgan fingerprint density at radius 1 is 0.844 bits per heavy atom. The van der Waals surface area contributed by atoms with E-state index in [0.717, 1.165) is 22.0 Å². The fraction of sp³-hybridized carbons (Fsp3) is 0.269. The number of carbonyl (C=O) groups excluding carboxylic acids is 3. The number of rotatable bonds is 6. The minimum atomic E-state index is -0.174. The number of hydrogen-bond acceptors (Lipinski definition) is 3. The van der Waals surface area contributed by atoms with Crippen molar-refractivity contribution in [1.29, 1.82) is 0 Å². The lowest BCUT2D eigenvalue weighted by molar-refractivity contribution is -0.135. The number of nitrogens with zero attached hydrogens (tertiary/aromatic N) is 1. The number of carbonyl (C=O) groups is 3. The lowest BCUT2D eigenvalue weighted by Crippen LogP contribution is -2.45. The third-order valence-corrected chi connectivity index (χ3v) is 5.93. The average molecular weight is 430 g/mol. The molecule has 6 nitrogen and oxygen atoms in total. The molecule has 6 heteroatoms. The second kappa shape index (κ2) is 10.1. The van der Waals surface area contributed by atoms with Crippen LogP contribution in [0.15, 0.2) is 72.8 Å². The largest absolute Gasteiger partial charge is 0.347 e. The average Bonchev–Trinajstić information content (AvgIpc) is 2.83. The standard InChI is InChI=1S/C26H27N3O3/c30-24(17-21-9-6-8-19-7-4-5-12-23(19)21)27-18-25(31)29-15-13-20(14-16-29)26(32)28-22-10-2-1-3-11-22/h1-12,20H,13-18H2,(H,27,30)(H,28,32). The van der Waals surface area contributed by atoms with Crippen LogP contribution in [0.3, 0.4) is 0 Å². The number of benzene rings is 3. The van der Waals surface area contributed by atoms with Gasteiger partial charge in [0.2, 0.25) is 17.7 Å². The van der Waals surface area contributed by atoms with Crippen molar-refractivity contribution in [3.8, 4) is 0 Å². The molecule has 1 aliphatic heterocycles. The van der Waals surface area contributed by atoms with Crippen molar-refractivity contribution in [2.24, 2.45) is 5.92 Å². The van der Waals surface area contributed by atoms with Crippen LogP contribution < -0.4 is 10.6 Å². The highest BCUT2D eigenvalue weighted by atomic mass is 16.2. The molecule has 0 unspecified atom stereocenters. The Kier molecular flexibility index (Phi) is 6.80. The van der Waals surface area contributed by atoms with E-state index in [4.69, 9.17) is 0 Å². The molecule has 4 rings (SSSR count). The lowest BCUT2D eigenvalue weighted by Gasteiger charge is -2.31. The molecule has 3 aromatic carbocycles. The van der Waals surface area contributed by atoms with Crippen LogP contribution in [0.25, 0.3) is 10.8 Å². The monoisotopic (exact) mass is 429 g/mol. The molecule has 1 heterocycles. The summed E-state index contributed by atoms with van der Waals surface area (Å²) < 4.78 is 0.